The molecule has 0 aliphatic heterocycles. The molecule has 0 heterocycles. The van der Waals surface area contributed by atoms with Crippen molar-refractivity contribution < 1.29 is 14.6 Å². The lowest BCUT2D eigenvalue weighted by molar-refractivity contribution is 0.0697. The predicted molar refractivity (Wildman–Crippen MR) is 82.1 cm³/mol. The van der Waals surface area contributed by atoms with Crippen LogP contribution in [0.5, 0.6) is 5.75 Å². The Morgan fingerprint density at radius 2 is 1.95 bits per heavy atom. The lowest BCUT2D eigenvalue weighted by atomic mass is 10.2. The normalized spacial score (nSPS) is 10.3. The lowest BCUT2D eigenvalue weighted by Crippen LogP contribution is -2.20. The lowest BCUT2D eigenvalue weighted by Gasteiger charge is -2.08. The van der Waals surface area contributed by atoms with Crippen LogP contribution in [-0.2, 0) is 6.54 Å². The highest BCUT2D eigenvalue weighted by atomic mass is 35.5. The molecule has 0 atom stereocenters. The number of ether oxygens (including phenoxy) is 1. The van der Waals surface area contributed by atoms with Gasteiger partial charge in [-0.1, -0.05) is 23.7 Å². The van der Waals surface area contributed by atoms with Crippen molar-refractivity contribution in [3.05, 3.63) is 64.7 Å². The third kappa shape index (κ3) is 5.10. The minimum atomic E-state index is -0.940. The Kier molecular flexibility index (Phi) is 5.60. The predicted octanol–water partition coefficient (Wildman–Crippen LogP) is 3.21. The van der Waals surface area contributed by atoms with Gasteiger partial charge in [-0.25, -0.2) is 4.79 Å². The second-order valence-corrected chi connectivity index (χ2v) is 4.92. The van der Waals surface area contributed by atoms with E-state index in [0.29, 0.717) is 18.9 Å². The number of carboxylic acids is 1. The van der Waals surface area contributed by atoms with Gasteiger partial charge in [0.15, 0.2) is 0 Å². The summed E-state index contributed by atoms with van der Waals surface area (Å²) in [5.41, 5.74) is 1.37. The first-order valence-electron chi connectivity index (χ1n) is 6.56. The largest absolute Gasteiger partial charge is 0.492 e. The highest BCUT2D eigenvalue weighted by molar-refractivity contribution is 6.30. The van der Waals surface area contributed by atoms with Gasteiger partial charge in [0.25, 0.3) is 0 Å². The fourth-order valence-corrected chi connectivity index (χ4v) is 2.03. The summed E-state index contributed by atoms with van der Waals surface area (Å²) in [6, 6.07) is 14.0. The van der Waals surface area contributed by atoms with Crippen LogP contribution in [0.2, 0.25) is 5.02 Å². The van der Waals surface area contributed by atoms with Gasteiger partial charge in [-0.15, -0.1) is 0 Å². The summed E-state index contributed by atoms with van der Waals surface area (Å²) < 4.78 is 5.52. The Labute approximate surface area is 128 Å². The maximum Gasteiger partial charge on any atom is 0.335 e. The van der Waals surface area contributed by atoms with Crippen LogP contribution in [0.1, 0.15) is 15.9 Å². The topological polar surface area (TPSA) is 58.6 Å². The first kappa shape index (κ1) is 15.4. The van der Waals surface area contributed by atoms with Crippen LogP contribution in [-0.4, -0.2) is 24.2 Å². The molecule has 0 saturated heterocycles. The van der Waals surface area contributed by atoms with Crippen molar-refractivity contribution in [1.29, 1.82) is 0 Å². The number of nitrogens with one attached hydrogen (secondary N) is 1. The smallest absolute Gasteiger partial charge is 0.335 e. The zero-order chi connectivity index (χ0) is 15.1. The molecule has 110 valence electrons. The van der Waals surface area contributed by atoms with Gasteiger partial charge in [0.1, 0.15) is 12.4 Å². The fourth-order valence-electron chi connectivity index (χ4n) is 1.81. The molecule has 2 aromatic carbocycles. The number of hydrogen-bond donors (Lipinski definition) is 2. The number of carboxylic acid groups (broad SMARTS) is 1. The van der Waals surface area contributed by atoms with Gasteiger partial charge in [0, 0.05) is 18.1 Å². The van der Waals surface area contributed by atoms with E-state index in [2.05, 4.69) is 5.32 Å². The number of hydrogen-bond acceptors (Lipinski definition) is 3. The van der Waals surface area contributed by atoms with E-state index in [4.69, 9.17) is 21.4 Å². The maximum absolute atomic E-state index is 10.7. The van der Waals surface area contributed by atoms with Crippen molar-refractivity contribution in [1.82, 2.24) is 5.32 Å². The second kappa shape index (κ2) is 7.67. The summed E-state index contributed by atoms with van der Waals surface area (Å²) in [5.74, 6) is -0.283. The Morgan fingerprint density at radius 3 is 2.62 bits per heavy atom. The Balaban J connectivity index is 1.69. The minimum absolute atomic E-state index is 0.251. The molecule has 21 heavy (non-hydrogen) atoms. The van der Waals surface area contributed by atoms with Crippen molar-refractivity contribution in [2.24, 2.45) is 0 Å². The molecule has 4 nitrogen and oxygen atoms in total. The highest BCUT2D eigenvalue weighted by Gasteiger charge is 2.01. The van der Waals surface area contributed by atoms with E-state index in [9.17, 15) is 4.79 Å². The Hall–Kier alpha value is -2.04. The number of halogens is 1. The fraction of sp³-hybridized carbons (Fsp3) is 0.188. The summed E-state index contributed by atoms with van der Waals surface area (Å²) in [6.07, 6.45) is 0. The van der Waals surface area contributed by atoms with E-state index in [1.165, 1.54) is 12.1 Å². The zero-order valence-corrected chi connectivity index (χ0v) is 12.1. The third-order valence-electron chi connectivity index (χ3n) is 2.87. The minimum Gasteiger partial charge on any atom is -0.492 e. The highest BCUT2D eigenvalue weighted by Crippen LogP contribution is 2.12. The molecular weight excluding hydrogens is 290 g/mol. The summed E-state index contributed by atoms with van der Waals surface area (Å²) in [5, 5.41) is 12.8. The van der Waals surface area contributed by atoms with Crippen molar-refractivity contribution in [2.75, 3.05) is 13.2 Å². The summed E-state index contributed by atoms with van der Waals surface area (Å²) in [4.78, 5) is 10.7. The Morgan fingerprint density at radius 1 is 1.19 bits per heavy atom. The summed E-state index contributed by atoms with van der Waals surface area (Å²) in [6.45, 7) is 1.92. The van der Waals surface area contributed by atoms with Crippen LogP contribution in [0, 0.1) is 0 Å². The quantitative estimate of drug-likeness (QED) is 0.771. The Bertz CT molecular complexity index is 599. The van der Waals surface area contributed by atoms with Gasteiger partial charge < -0.3 is 15.2 Å². The molecule has 0 aliphatic rings. The third-order valence-corrected chi connectivity index (χ3v) is 3.10. The number of rotatable bonds is 7. The molecule has 2 rings (SSSR count). The molecule has 0 unspecified atom stereocenters. The summed E-state index contributed by atoms with van der Waals surface area (Å²) in [7, 11) is 0. The standard InChI is InChI=1S/C16H16ClNO3/c17-14-3-1-2-12(10-14)11-18-8-9-21-15-6-4-13(5-7-15)16(19)20/h1-7,10,18H,8-9,11H2,(H,19,20). The molecule has 5 heteroatoms. The van der Waals surface area contributed by atoms with Gasteiger partial charge >= 0.3 is 5.97 Å². The average molecular weight is 306 g/mol. The van der Waals surface area contributed by atoms with E-state index >= 15 is 0 Å². The second-order valence-electron chi connectivity index (χ2n) is 4.48. The van der Waals surface area contributed by atoms with Gasteiger partial charge in [-0.3, -0.25) is 0 Å². The molecule has 2 aromatic rings. The molecule has 2 N–H and O–H groups in total. The molecule has 0 amide bonds. The van der Waals surface area contributed by atoms with E-state index < -0.39 is 5.97 Å². The monoisotopic (exact) mass is 305 g/mol. The van der Waals surface area contributed by atoms with Crippen LogP contribution in [0.25, 0.3) is 0 Å². The van der Waals surface area contributed by atoms with E-state index in [1.807, 2.05) is 24.3 Å². The van der Waals surface area contributed by atoms with Crippen LogP contribution >= 0.6 is 11.6 Å². The molecule has 0 spiro atoms. The van der Waals surface area contributed by atoms with Crippen molar-refractivity contribution in [2.45, 2.75) is 6.54 Å². The van der Waals surface area contributed by atoms with Crippen LogP contribution in [0.4, 0.5) is 0 Å². The molecule has 0 aliphatic carbocycles. The van der Waals surface area contributed by atoms with E-state index in [0.717, 1.165) is 17.1 Å². The number of carbonyl (C=O) groups is 1. The molecular formula is C16H16ClNO3. The van der Waals surface area contributed by atoms with Gasteiger partial charge in [-0.05, 0) is 42.0 Å². The maximum atomic E-state index is 10.7. The molecule has 0 fully saturated rings. The van der Waals surface area contributed by atoms with Crippen molar-refractivity contribution >= 4 is 17.6 Å². The SMILES string of the molecule is O=C(O)c1ccc(OCCNCc2cccc(Cl)c2)cc1. The van der Waals surface area contributed by atoms with Gasteiger partial charge in [-0.2, -0.15) is 0 Å². The number of aromatic carboxylic acids is 1. The molecule has 0 radical (unpaired) electrons. The molecule has 0 aromatic heterocycles. The summed E-state index contributed by atoms with van der Waals surface area (Å²) >= 11 is 5.91. The van der Waals surface area contributed by atoms with Gasteiger partial charge in [0.05, 0.1) is 5.56 Å². The van der Waals surface area contributed by atoms with Crippen LogP contribution < -0.4 is 10.1 Å². The molecule has 0 bridgehead atoms. The van der Waals surface area contributed by atoms with E-state index in [1.54, 1.807) is 12.1 Å². The molecule has 0 saturated carbocycles. The van der Waals surface area contributed by atoms with E-state index in [-0.39, 0.29) is 5.56 Å². The van der Waals surface area contributed by atoms with Crippen LogP contribution in [0.3, 0.4) is 0 Å². The van der Waals surface area contributed by atoms with Crippen molar-refractivity contribution in [3.63, 3.8) is 0 Å². The average Bonchev–Trinajstić information content (AvgIpc) is 2.47. The first-order chi connectivity index (χ1) is 10.1. The first-order valence-corrected chi connectivity index (χ1v) is 6.94. The van der Waals surface area contributed by atoms with Crippen molar-refractivity contribution in [3.8, 4) is 5.75 Å². The number of benzene rings is 2. The zero-order valence-electron chi connectivity index (χ0n) is 11.4. The van der Waals surface area contributed by atoms with Gasteiger partial charge in [0.2, 0.25) is 0 Å². The van der Waals surface area contributed by atoms with Crippen LogP contribution in [0.15, 0.2) is 48.5 Å².